The highest BCUT2D eigenvalue weighted by Gasteiger charge is 2.25. The smallest absolute Gasteiger partial charge is 0.237 e. The number of fused-ring (bicyclic) bond motifs is 1. The molecule has 1 atom stereocenters. The minimum Gasteiger partial charge on any atom is -0.392 e. The lowest BCUT2D eigenvalue weighted by atomic mass is 10.0. The van der Waals surface area contributed by atoms with Gasteiger partial charge in [0.15, 0.2) is 0 Å². The molecule has 0 spiro atoms. The first-order valence-electron chi connectivity index (χ1n) is 9.13. The third-order valence-electron chi connectivity index (χ3n) is 5.23. The molecule has 2 aliphatic heterocycles. The second-order valence-electron chi connectivity index (χ2n) is 7.04. The molecule has 4 rings (SSSR count). The SMILES string of the molecule is O=C(CN1CC[C@H](O)C1)N1CC=C(c2cc3c(NF)ccnc3cn2)CC1. The van der Waals surface area contributed by atoms with Crippen LogP contribution in [0.15, 0.2) is 30.6 Å². The fraction of sp³-hybridized carbons (Fsp3) is 0.421. The maximum absolute atomic E-state index is 13.0. The number of nitrogens with zero attached hydrogens (tertiary/aromatic N) is 4. The molecule has 4 heterocycles. The fourth-order valence-corrected chi connectivity index (χ4v) is 3.68. The molecule has 2 aromatic heterocycles. The van der Waals surface area contributed by atoms with Gasteiger partial charge in [0.25, 0.3) is 0 Å². The Morgan fingerprint density at radius 3 is 2.96 bits per heavy atom. The number of aliphatic hydroxyl groups excluding tert-OH is 1. The lowest BCUT2D eigenvalue weighted by molar-refractivity contribution is -0.131. The van der Waals surface area contributed by atoms with Gasteiger partial charge < -0.3 is 10.0 Å². The van der Waals surface area contributed by atoms with Crippen LogP contribution in [0.2, 0.25) is 0 Å². The summed E-state index contributed by atoms with van der Waals surface area (Å²) in [5, 5.41) is 10.3. The maximum Gasteiger partial charge on any atom is 0.237 e. The highest BCUT2D eigenvalue weighted by Crippen LogP contribution is 2.27. The van der Waals surface area contributed by atoms with E-state index in [4.69, 9.17) is 0 Å². The van der Waals surface area contributed by atoms with E-state index in [-0.39, 0.29) is 12.0 Å². The number of carbonyl (C=O) groups is 1. The first-order chi connectivity index (χ1) is 13.1. The maximum atomic E-state index is 13.0. The van der Waals surface area contributed by atoms with E-state index >= 15 is 0 Å². The highest BCUT2D eigenvalue weighted by atomic mass is 19.2. The molecule has 0 radical (unpaired) electrons. The first kappa shape index (κ1) is 17.8. The van der Waals surface area contributed by atoms with Gasteiger partial charge >= 0.3 is 0 Å². The summed E-state index contributed by atoms with van der Waals surface area (Å²) in [5.74, 6) is 0.0824. The molecule has 142 valence electrons. The molecule has 1 amide bonds. The largest absolute Gasteiger partial charge is 0.392 e. The Morgan fingerprint density at radius 1 is 1.37 bits per heavy atom. The number of anilines is 1. The molecule has 1 saturated heterocycles. The zero-order valence-corrected chi connectivity index (χ0v) is 14.9. The molecule has 0 unspecified atom stereocenters. The normalized spacial score (nSPS) is 20.7. The van der Waals surface area contributed by atoms with Crippen LogP contribution in [0, 0.1) is 0 Å². The van der Waals surface area contributed by atoms with E-state index in [0.29, 0.717) is 49.2 Å². The van der Waals surface area contributed by atoms with Crippen molar-refractivity contribution in [3.63, 3.8) is 0 Å². The molecule has 0 saturated carbocycles. The number of amides is 1. The van der Waals surface area contributed by atoms with Crippen molar-refractivity contribution in [3.8, 4) is 0 Å². The Labute approximate surface area is 156 Å². The molecule has 2 aliphatic rings. The van der Waals surface area contributed by atoms with Crippen molar-refractivity contribution in [2.75, 3.05) is 38.3 Å². The molecular formula is C19H22FN5O2. The van der Waals surface area contributed by atoms with Crippen molar-refractivity contribution in [2.45, 2.75) is 18.9 Å². The van der Waals surface area contributed by atoms with Crippen molar-refractivity contribution in [1.82, 2.24) is 19.8 Å². The van der Waals surface area contributed by atoms with E-state index < -0.39 is 0 Å². The molecule has 8 heteroatoms. The minimum atomic E-state index is -0.317. The molecule has 2 N–H and O–H groups in total. The van der Waals surface area contributed by atoms with Gasteiger partial charge in [-0.2, -0.15) is 0 Å². The van der Waals surface area contributed by atoms with Crippen LogP contribution < -0.4 is 5.54 Å². The zero-order chi connectivity index (χ0) is 18.8. The standard InChI is InChI=1S/C19H22FN5O2/c20-23-16-1-5-21-18-10-22-17(9-15(16)18)13-2-7-25(8-3-13)19(27)12-24-6-4-14(26)11-24/h1-2,5,9-10,14,26H,3-4,6-8,11-12H2,(H,21,23)/t14-/m0/s1. The second kappa shape index (κ2) is 7.58. The van der Waals surface area contributed by atoms with Crippen molar-refractivity contribution >= 4 is 28.1 Å². The molecule has 1 fully saturated rings. The minimum absolute atomic E-state index is 0.0824. The van der Waals surface area contributed by atoms with Crippen LogP contribution in [0.5, 0.6) is 0 Å². The van der Waals surface area contributed by atoms with Crippen molar-refractivity contribution in [1.29, 1.82) is 0 Å². The van der Waals surface area contributed by atoms with Crippen LogP contribution in [0.4, 0.5) is 10.2 Å². The first-order valence-corrected chi connectivity index (χ1v) is 9.13. The van der Waals surface area contributed by atoms with Crippen LogP contribution in [0.25, 0.3) is 16.5 Å². The summed E-state index contributed by atoms with van der Waals surface area (Å²) in [5.41, 5.74) is 4.52. The van der Waals surface area contributed by atoms with Gasteiger partial charge in [-0.25, -0.2) is 5.54 Å². The summed E-state index contributed by atoms with van der Waals surface area (Å²) < 4.78 is 13.0. The van der Waals surface area contributed by atoms with E-state index in [1.807, 2.05) is 21.9 Å². The fourth-order valence-electron chi connectivity index (χ4n) is 3.68. The highest BCUT2D eigenvalue weighted by molar-refractivity contribution is 5.92. The van der Waals surface area contributed by atoms with Gasteiger partial charge in [-0.3, -0.25) is 19.7 Å². The topological polar surface area (TPSA) is 81.6 Å². The summed E-state index contributed by atoms with van der Waals surface area (Å²) in [7, 11) is 0. The monoisotopic (exact) mass is 371 g/mol. The van der Waals surface area contributed by atoms with Crippen LogP contribution >= 0.6 is 0 Å². The predicted molar refractivity (Wildman–Crippen MR) is 101 cm³/mol. The van der Waals surface area contributed by atoms with Gasteiger partial charge in [0.05, 0.1) is 35.7 Å². The van der Waals surface area contributed by atoms with E-state index in [9.17, 15) is 14.4 Å². The molecule has 2 aromatic rings. The molecule has 7 nitrogen and oxygen atoms in total. The summed E-state index contributed by atoms with van der Waals surface area (Å²) in [4.78, 5) is 24.9. The Balaban J connectivity index is 1.45. The Kier molecular flexibility index (Phi) is 5.00. The number of likely N-dealkylation sites (tertiary alicyclic amines) is 1. The quantitative estimate of drug-likeness (QED) is 0.795. The van der Waals surface area contributed by atoms with Gasteiger partial charge in [0, 0.05) is 37.8 Å². The van der Waals surface area contributed by atoms with Crippen molar-refractivity contribution in [2.24, 2.45) is 0 Å². The third-order valence-corrected chi connectivity index (χ3v) is 5.23. The van der Waals surface area contributed by atoms with Crippen LogP contribution in [-0.4, -0.2) is 69.6 Å². The summed E-state index contributed by atoms with van der Waals surface area (Å²) >= 11 is 0. The molecule has 0 aliphatic carbocycles. The molecule has 0 aromatic carbocycles. The Bertz CT molecular complexity index is 888. The third kappa shape index (κ3) is 3.77. The summed E-state index contributed by atoms with van der Waals surface area (Å²) in [6.45, 7) is 2.85. The van der Waals surface area contributed by atoms with Crippen LogP contribution in [-0.2, 0) is 4.79 Å². The second-order valence-corrected chi connectivity index (χ2v) is 7.04. The van der Waals surface area contributed by atoms with E-state index in [0.717, 1.165) is 24.2 Å². The van der Waals surface area contributed by atoms with E-state index in [1.165, 1.54) is 6.20 Å². The summed E-state index contributed by atoms with van der Waals surface area (Å²) in [6, 6.07) is 3.41. The van der Waals surface area contributed by atoms with Crippen LogP contribution in [0.3, 0.4) is 0 Å². The number of nitrogens with one attached hydrogen (secondary N) is 1. The Hall–Kier alpha value is -2.58. The number of hydrogen-bond acceptors (Lipinski definition) is 6. The van der Waals surface area contributed by atoms with Gasteiger partial charge in [0.2, 0.25) is 5.91 Å². The number of β-amino-alcohol motifs (C(OH)–C–C–N with tert-alkyl or cyclic N) is 1. The zero-order valence-electron chi connectivity index (χ0n) is 14.9. The van der Waals surface area contributed by atoms with Gasteiger partial charge in [-0.15, -0.1) is 4.48 Å². The van der Waals surface area contributed by atoms with E-state index in [1.54, 1.807) is 17.8 Å². The molecule has 27 heavy (non-hydrogen) atoms. The van der Waals surface area contributed by atoms with Gasteiger partial charge in [-0.05, 0) is 30.5 Å². The predicted octanol–water partition coefficient (Wildman–Crippen LogP) is 1.61. The van der Waals surface area contributed by atoms with Crippen molar-refractivity contribution < 1.29 is 14.4 Å². The number of aliphatic hydroxyl groups is 1. The van der Waals surface area contributed by atoms with Crippen molar-refractivity contribution in [3.05, 3.63) is 36.3 Å². The number of halogens is 1. The average Bonchev–Trinajstić information content (AvgIpc) is 3.11. The number of pyridine rings is 2. The van der Waals surface area contributed by atoms with Gasteiger partial charge in [-0.1, -0.05) is 6.08 Å². The number of rotatable bonds is 4. The lowest BCUT2D eigenvalue weighted by Gasteiger charge is -2.28. The Morgan fingerprint density at radius 2 is 2.26 bits per heavy atom. The average molecular weight is 371 g/mol. The number of hydrogen-bond donors (Lipinski definition) is 2. The summed E-state index contributed by atoms with van der Waals surface area (Å²) in [6.07, 6.45) is 6.30. The number of carbonyl (C=O) groups excluding carboxylic acids is 1. The van der Waals surface area contributed by atoms with E-state index in [2.05, 4.69) is 9.97 Å². The molecular weight excluding hydrogens is 349 g/mol. The lowest BCUT2D eigenvalue weighted by Crippen LogP contribution is -2.41. The van der Waals surface area contributed by atoms with Gasteiger partial charge in [0.1, 0.15) is 0 Å². The van der Waals surface area contributed by atoms with Crippen LogP contribution in [0.1, 0.15) is 18.5 Å². The molecule has 0 bridgehead atoms. The number of aromatic nitrogens is 2.